The number of rotatable bonds is 1. The smallest absolute Gasteiger partial charge is 0.0957 e. The van der Waals surface area contributed by atoms with Gasteiger partial charge in [-0.1, -0.05) is 5.16 Å². The number of quaternary nitrogens is 1. The van der Waals surface area contributed by atoms with Crippen molar-refractivity contribution in [1.29, 1.82) is 0 Å². The van der Waals surface area contributed by atoms with Crippen molar-refractivity contribution < 1.29 is 10.1 Å². The number of piperidine rings is 1. The Bertz CT molecular complexity index is 284. The molecule has 0 radical (unpaired) electrons. The third-order valence-electron chi connectivity index (χ3n) is 5.07. The number of hydrogen-bond acceptors (Lipinski definition) is 2. The van der Waals surface area contributed by atoms with Gasteiger partial charge in [-0.3, -0.25) is 0 Å². The highest BCUT2D eigenvalue weighted by atomic mass is 16.4. The molecule has 3 aliphatic rings. The Kier molecular flexibility index (Phi) is 2.88. The molecule has 3 atom stereocenters. The molecular formula is C13H23N2O+. The molecule has 0 aromatic rings. The number of fused-ring (bicyclic) bond motifs is 2. The summed E-state index contributed by atoms with van der Waals surface area (Å²) in [6, 6.07) is 0.768. The third kappa shape index (κ3) is 1.65. The second-order valence-electron chi connectivity index (χ2n) is 5.81. The Morgan fingerprint density at radius 1 is 1.00 bits per heavy atom. The molecule has 0 unspecified atom stereocenters. The van der Waals surface area contributed by atoms with E-state index in [0.717, 1.165) is 11.8 Å². The molecule has 3 heteroatoms. The molecule has 1 aliphatic heterocycles. The van der Waals surface area contributed by atoms with Crippen LogP contribution >= 0.6 is 0 Å². The van der Waals surface area contributed by atoms with Gasteiger partial charge in [0.1, 0.15) is 0 Å². The summed E-state index contributed by atoms with van der Waals surface area (Å²) in [5.74, 6) is 1.23. The van der Waals surface area contributed by atoms with Crippen LogP contribution in [0.3, 0.4) is 0 Å². The molecule has 16 heavy (non-hydrogen) atoms. The molecule has 0 aromatic heterocycles. The van der Waals surface area contributed by atoms with Gasteiger partial charge in [0.15, 0.2) is 0 Å². The highest BCUT2D eigenvalue weighted by Crippen LogP contribution is 2.39. The molecule has 0 spiro atoms. The first-order valence-corrected chi connectivity index (χ1v) is 6.96. The Labute approximate surface area is 97.5 Å². The largest absolute Gasteiger partial charge is 0.411 e. The van der Waals surface area contributed by atoms with E-state index < -0.39 is 0 Å². The van der Waals surface area contributed by atoms with Gasteiger partial charge in [-0.15, -0.1) is 0 Å². The summed E-state index contributed by atoms with van der Waals surface area (Å²) < 4.78 is 0. The first-order valence-electron chi connectivity index (χ1n) is 6.96. The fourth-order valence-electron chi connectivity index (χ4n) is 4.28. The molecule has 90 valence electrons. The maximum absolute atomic E-state index is 9.17. The van der Waals surface area contributed by atoms with E-state index in [0.29, 0.717) is 11.8 Å². The van der Waals surface area contributed by atoms with Gasteiger partial charge < -0.3 is 10.1 Å². The zero-order valence-corrected chi connectivity index (χ0v) is 9.99. The Hall–Kier alpha value is -0.570. The van der Waals surface area contributed by atoms with Crippen LogP contribution < -0.4 is 4.90 Å². The summed E-state index contributed by atoms with van der Waals surface area (Å²) in [6.07, 6.45) is 9.39. The molecule has 3 fully saturated rings. The number of nitrogens with zero attached hydrogens (tertiary/aromatic N) is 1. The lowest BCUT2D eigenvalue weighted by Gasteiger charge is -2.37. The lowest BCUT2D eigenvalue weighted by Crippen LogP contribution is -3.17. The standard InChI is InChI=1S/C13H22N2O/c16-14-13-10-4-6-11(13)12(7-5-10)15-8-2-1-3-9-15/h10-12,16H,1-9H2/p+1/t10-,11+,12+/m1/s1. The van der Waals surface area contributed by atoms with Gasteiger partial charge >= 0.3 is 0 Å². The van der Waals surface area contributed by atoms with E-state index in [1.165, 1.54) is 58.0 Å². The van der Waals surface area contributed by atoms with Gasteiger partial charge in [0.05, 0.1) is 30.8 Å². The van der Waals surface area contributed by atoms with Crippen molar-refractivity contribution in [3.63, 3.8) is 0 Å². The van der Waals surface area contributed by atoms with Gasteiger partial charge in [0.25, 0.3) is 0 Å². The van der Waals surface area contributed by atoms with Gasteiger partial charge in [-0.25, -0.2) is 0 Å². The summed E-state index contributed by atoms with van der Waals surface area (Å²) in [4.78, 5) is 1.80. The highest BCUT2D eigenvalue weighted by molar-refractivity contribution is 5.91. The van der Waals surface area contributed by atoms with Gasteiger partial charge in [0, 0.05) is 12.3 Å². The van der Waals surface area contributed by atoms with Crippen molar-refractivity contribution in [2.45, 2.75) is 51.0 Å². The first-order chi connectivity index (χ1) is 7.90. The van der Waals surface area contributed by atoms with Gasteiger partial charge in [0.2, 0.25) is 0 Å². The molecule has 0 aromatic carbocycles. The third-order valence-corrected chi connectivity index (χ3v) is 5.07. The number of hydrogen-bond donors (Lipinski definition) is 2. The van der Waals surface area contributed by atoms with E-state index >= 15 is 0 Å². The van der Waals surface area contributed by atoms with Crippen LogP contribution in [0.2, 0.25) is 0 Å². The van der Waals surface area contributed by atoms with Crippen LogP contribution in [-0.4, -0.2) is 30.1 Å². The molecule has 1 heterocycles. The summed E-state index contributed by atoms with van der Waals surface area (Å²) in [7, 11) is 0. The SMILES string of the molecule is ON=C1[C@@H]2CC[C@H]1[C@@H]([NH+]1CCCCC1)CC2. The molecular weight excluding hydrogens is 200 g/mol. The quantitative estimate of drug-likeness (QED) is 0.506. The fraction of sp³-hybridized carbons (Fsp3) is 0.923. The Morgan fingerprint density at radius 3 is 2.50 bits per heavy atom. The van der Waals surface area contributed by atoms with E-state index in [-0.39, 0.29) is 0 Å². The molecule has 3 rings (SSSR count). The molecule has 2 aliphatic carbocycles. The van der Waals surface area contributed by atoms with Crippen LogP contribution in [0.4, 0.5) is 0 Å². The average molecular weight is 223 g/mol. The zero-order chi connectivity index (χ0) is 11.0. The van der Waals surface area contributed by atoms with Crippen molar-refractivity contribution in [2.75, 3.05) is 13.1 Å². The predicted octanol–water partition coefficient (Wildman–Crippen LogP) is 1.07. The lowest BCUT2D eigenvalue weighted by atomic mass is 9.81. The second-order valence-corrected chi connectivity index (χ2v) is 5.81. The summed E-state index contributed by atoms with van der Waals surface area (Å²) in [5, 5.41) is 12.8. The van der Waals surface area contributed by atoms with E-state index in [9.17, 15) is 0 Å². The summed E-state index contributed by atoms with van der Waals surface area (Å²) >= 11 is 0. The molecule has 2 saturated carbocycles. The van der Waals surface area contributed by atoms with Crippen LogP contribution in [0, 0.1) is 11.8 Å². The minimum Gasteiger partial charge on any atom is -0.411 e. The van der Waals surface area contributed by atoms with Crippen molar-refractivity contribution >= 4 is 5.71 Å². The van der Waals surface area contributed by atoms with E-state index in [2.05, 4.69) is 5.16 Å². The van der Waals surface area contributed by atoms with Crippen LogP contribution in [0.1, 0.15) is 44.9 Å². The van der Waals surface area contributed by atoms with E-state index in [4.69, 9.17) is 5.21 Å². The monoisotopic (exact) mass is 223 g/mol. The lowest BCUT2D eigenvalue weighted by molar-refractivity contribution is -0.933. The normalized spacial score (nSPS) is 42.8. The van der Waals surface area contributed by atoms with Gasteiger partial charge in [-0.2, -0.15) is 0 Å². The van der Waals surface area contributed by atoms with E-state index in [1.54, 1.807) is 4.90 Å². The Balaban J connectivity index is 1.75. The minimum atomic E-state index is 0.608. The molecule has 0 amide bonds. The second kappa shape index (κ2) is 4.36. The fourth-order valence-corrected chi connectivity index (χ4v) is 4.28. The van der Waals surface area contributed by atoms with Crippen LogP contribution in [0.15, 0.2) is 5.16 Å². The van der Waals surface area contributed by atoms with Crippen molar-refractivity contribution in [3.8, 4) is 0 Å². The maximum atomic E-state index is 9.17. The predicted molar refractivity (Wildman–Crippen MR) is 63.0 cm³/mol. The Morgan fingerprint density at radius 2 is 1.75 bits per heavy atom. The zero-order valence-electron chi connectivity index (χ0n) is 9.99. The summed E-state index contributed by atoms with van der Waals surface area (Å²) in [5.41, 5.74) is 1.15. The number of likely N-dealkylation sites (tertiary alicyclic amines) is 1. The maximum Gasteiger partial charge on any atom is 0.0957 e. The average Bonchev–Trinajstić information content (AvgIpc) is 2.63. The van der Waals surface area contributed by atoms with Crippen molar-refractivity contribution in [3.05, 3.63) is 0 Å². The first kappa shape index (κ1) is 10.6. The molecule has 2 bridgehead atoms. The number of oxime groups is 1. The topological polar surface area (TPSA) is 37.0 Å². The van der Waals surface area contributed by atoms with Crippen LogP contribution in [-0.2, 0) is 0 Å². The van der Waals surface area contributed by atoms with Crippen LogP contribution in [0.5, 0.6) is 0 Å². The van der Waals surface area contributed by atoms with Crippen LogP contribution in [0.25, 0.3) is 0 Å². The van der Waals surface area contributed by atoms with Gasteiger partial charge in [-0.05, 0) is 38.5 Å². The molecule has 3 nitrogen and oxygen atoms in total. The molecule has 2 N–H and O–H groups in total. The van der Waals surface area contributed by atoms with Crippen molar-refractivity contribution in [1.82, 2.24) is 0 Å². The number of nitrogens with one attached hydrogen (secondary N) is 1. The summed E-state index contributed by atoms with van der Waals surface area (Å²) in [6.45, 7) is 2.70. The highest BCUT2D eigenvalue weighted by Gasteiger charge is 2.46. The van der Waals surface area contributed by atoms with E-state index in [1.807, 2.05) is 0 Å². The minimum absolute atomic E-state index is 0.608. The molecule has 1 saturated heterocycles. The van der Waals surface area contributed by atoms with Crippen molar-refractivity contribution in [2.24, 2.45) is 17.0 Å².